The molecule has 0 aliphatic carbocycles. The van der Waals surface area contributed by atoms with Crippen LogP contribution < -0.4 is 5.32 Å². The van der Waals surface area contributed by atoms with Gasteiger partial charge >= 0.3 is 0 Å². The van der Waals surface area contributed by atoms with Gasteiger partial charge in [0.05, 0.1) is 6.04 Å². The molecule has 0 radical (unpaired) electrons. The average Bonchev–Trinajstić information content (AvgIpc) is 2.94. The maximum atomic E-state index is 12.0. The lowest BCUT2D eigenvalue weighted by Gasteiger charge is -2.23. The molecule has 0 saturated heterocycles. The van der Waals surface area contributed by atoms with Crippen molar-refractivity contribution in [3.63, 3.8) is 0 Å². The number of ether oxygens (including phenoxy) is 1. The minimum absolute atomic E-state index is 0.0507. The molecule has 27 heavy (non-hydrogen) atoms. The van der Waals surface area contributed by atoms with E-state index in [4.69, 9.17) is 4.74 Å². The van der Waals surface area contributed by atoms with Crippen LogP contribution in [-0.2, 0) is 29.0 Å². The molecule has 7 heteroatoms. The molecule has 146 valence electrons. The van der Waals surface area contributed by atoms with Crippen LogP contribution in [0.25, 0.3) is 0 Å². The number of nitrogens with one attached hydrogen (secondary N) is 1. The van der Waals surface area contributed by atoms with E-state index in [1.807, 2.05) is 6.07 Å². The number of carbonyl (C=O) groups excluding carboxylic acids is 1. The van der Waals surface area contributed by atoms with Crippen molar-refractivity contribution in [1.29, 1.82) is 0 Å². The molecular weight excluding hydrogens is 342 g/mol. The molecule has 1 aliphatic heterocycles. The molecule has 1 unspecified atom stereocenters. The molecule has 0 bridgehead atoms. The largest absolute Gasteiger partial charge is 0.375 e. The van der Waals surface area contributed by atoms with Gasteiger partial charge in [-0.1, -0.05) is 44.2 Å². The van der Waals surface area contributed by atoms with Crippen LogP contribution in [0.2, 0.25) is 0 Å². The predicted octanol–water partition coefficient (Wildman–Crippen LogP) is 1.80. The predicted molar refractivity (Wildman–Crippen MR) is 103 cm³/mol. The maximum absolute atomic E-state index is 12.0. The highest BCUT2D eigenvalue weighted by molar-refractivity contribution is 5.77. The van der Waals surface area contributed by atoms with Crippen LogP contribution in [0.4, 0.5) is 0 Å². The van der Waals surface area contributed by atoms with Gasteiger partial charge in [0.15, 0.2) is 5.82 Å². The second-order valence-electron chi connectivity index (χ2n) is 7.36. The third kappa shape index (κ3) is 4.93. The Morgan fingerprint density at radius 3 is 2.67 bits per heavy atom. The number of carbonyl (C=O) groups is 1. The highest BCUT2D eigenvalue weighted by Gasteiger charge is 2.27. The van der Waals surface area contributed by atoms with Gasteiger partial charge in [0.25, 0.3) is 0 Å². The molecule has 3 rings (SSSR count). The summed E-state index contributed by atoms with van der Waals surface area (Å²) in [6, 6.07) is 10.4. The van der Waals surface area contributed by atoms with Gasteiger partial charge in [0.1, 0.15) is 12.4 Å². The first-order valence-corrected chi connectivity index (χ1v) is 9.55. The summed E-state index contributed by atoms with van der Waals surface area (Å²) in [4.78, 5) is 14.5. The van der Waals surface area contributed by atoms with E-state index < -0.39 is 0 Å². The Hall–Kier alpha value is -2.25. The zero-order valence-electron chi connectivity index (χ0n) is 16.4. The van der Waals surface area contributed by atoms with Crippen LogP contribution in [-0.4, -0.2) is 52.4 Å². The third-order valence-corrected chi connectivity index (χ3v) is 4.93. The topological polar surface area (TPSA) is 72.3 Å². The lowest BCUT2D eigenvalue weighted by Crippen LogP contribution is -2.36. The van der Waals surface area contributed by atoms with Crippen molar-refractivity contribution >= 4 is 5.91 Å². The number of fused-ring (bicyclic) bond motifs is 1. The molecule has 0 spiro atoms. The smallest absolute Gasteiger partial charge is 0.246 e. The quantitative estimate of drug-likeness (QED) is 0.803. The molecule has 0 fully saturated rings. The first-order valence-electron chi connectivity index (χ1n) is 9.55. The van der Waals surface area contributed by atoms with Crippen LogP contribution in [0.1, 0.15) is 37.1 Å². The van der Waals surface area contributed by atoms with Gasteiger partial charge in [0, 0.05) is 39.7 Å². The minimum Gasteiger partial charge on any atom is -0.375 e. The van der Waals surface area contributed by atoms with Crippen LogP contribution in [0, 0.1) is 5.92 Å². The molecule has 1 amide bonds. The Labute approximate surface area is 160 Å². The summed E-state index contributed by atoms with van der Waals surface area (Å²) in [5.41, 5.74) is 1.32. The Bertz CT molecular complexity index is 744. The molecule has 2 aromatic rings. The number of benzene rings is 1. The number of aromatic nitrogens is 3. The standard InChI is InChI=1S/C20H29N5O2/c1-15(2)19(21-18(26)14-27-3)20-23-22-17-9-10-24(11-12-25(17)20)13-16-7-5-4-6-8-16/h4-8,15,19H,9-14H2,1-3H3,(H,21,26). The van der Waals surface area contributed by atoms with E-state index in [2.05, 4.69) is 63.1 Å². The Balaban J connectivity index is 1.72. The molecule has 1 N–H and O–H groups in total. The Kier molecular flexibility index (Phi) is 6.58. The lowest BCUT2D eigenvalue weighted by atomic mass is 10.0. The normalized spacial score (nSPS) is 16.0. The van der Waals surface area contributed by atoms with Gasteiger partial charge in [-0.05, 0) is 11.5 Å². The summed E-state index contributed by atoms with van der Waals surface area (Å²) in [7, 11) is 1.52. The third-order valence-electron chi connectivity index (χ3n) is 4.93. The average molecular weight is 371 g/mol. The van der Waals surface area contributed by atoms with E-state index in [0.29, 0.717) is 0 Å². The van der Waals surface area contributed by atoms with E-state index in [0.717, 1.165) is 44.2 Å². The molecule has 1 aromatic carbocycles. The highest BCUT2D eigenvalue weighted by Crippen LogP contribution is 2.22. The summed E-state index contributed by atoms with van der Waals surface area (Å²) in [5.74, 6) is 1.91. The van der Waals surface area contributed by atoms with E-state index >= 15 is 0 Å². The zero-order chi connectivity index (χ0) is 19.2. The number of nitrogens with zero attached hydrogens (tertiary/aromatic N) is 4. The van der Waals surface area contributed by atoms with Crippen LogP contribution in [0.15, 0.2) is 30.3 Å². The first-order chi connectivity index (χ1) is 13.1. The highest BCUT2D eigenvalue weighted by atomic mass is 16.5. The van der Waals surface area contributed by atoms with Crippen LogP contribution in [0.3, 0.4) is 0 Å². The Morgan fingerprint density at radius 2 is 1.96 bits per heavy atom. The zero-order valence-corrected chi connectivity index (χ0v) is 16.4. The molecular formula is C20H29N5O2. The molecule has 7 nitrogen and oxygen atoms in total. The summed E-state index contributed by atoms with van der Waals surface area (Å²) in [6.07, 6.45) is 0.858. The minimum atomic E-state index is -0.172. The van der Waals surface area contributed by atoms with Crippen molar-refractivity contribution < 1.29 is 9.53 Å². The summed E-state index contributed by atoms with van der Waals surface area (Å²) >= 11 is 0. The monoisotopic (exact) mass is 371 g/mol. The van der Waals surface area contributed by atoms with E-state index in [9.17, 15) is 4.79 Å². The number of amides is 1. The molecule has 1 aliphatic rings. The second kappa shape index (κ2) is 9.10. The lowest BCUT2D eigenvalue weighted by molar-refractivity contribution is -0.125. The van der Waals surface area contributed by atoms with Gasteiger partial charge in [-0.15, -0.1) is 10.2 Å². The number of rotatable bonds is 7. The maximum Gasteiger partial charge on any atom is 0.246 e. The van der Waals surface area contributed by atoms with E-state index in [1.54, 1.807) is 0 Å². The summed E-state index contributed by atoms with van der Waals surface area (Å²) in [5, 5.41) is 11.9. The van der Waals surface area contributed by atoms with Crippen LogP contribution >= 0.6 is 0 Å². The van der Waals surface area contributed by atoms with Crippen molar-refractivity contribution in [3.05, 3.63) is 47.5 Å². The number of hydrogen-bond acceptors (Lipinski definition) is 5. The van der Waals surface area contributed by atoms with E-state index in [-0.39, 0.29) is 24.5 Å². The van der Waals surface area contributed by atoms with Gasteiger partial charge in [-0.2, -0.15) is 0 Å². The van der Waals surface area contributed by atoms with Gasteiger partial charge in [-0.3, -0.25) is 9.69 Å². The number of hydrogen-bond donors (Lipinski definition) is 1. The summed E-state index contributed by atoms with van der Waals surface area (Å²) in [6.45, 7) is 7.87. The fourth-order valence-corrected chi connectivity index (χ4v) is 3.49. The molecule has 1 aromatic heterocycles. The van der Waals surface area contributed by atoms with Crippen molar-refractivity contribution in [1.82, 2.24) is 25.0 Å². The van der Waals surface area contributed by atoms with E-state index in [1.165, 1.54) is 12.7 Å². The SMILES string of the molecule is COCC(=O)NC(c1nnc2n1CCN(Cc1ccccc1)CC2)C(C)C. The van der Waals surface area contributed by atoms with Crippen LogP contribution in [0.5, 0.6) is 0 Å². The fourth-order valence-electron chi connectivity index (χ4n) is 3.49. The van der Waals surface area contributed by atoms with Crippen molar-refractivity contribution in [2.24, 2.45) is 5.92 Å². The fraction of sp³-hybridized carbons (Fsp3) is 0.550. The number of methoxy groups -OCH3 is 1. The molecule has 0 saturated carbocycles. The van der Waals surface area contributed by atoms with Gasteiger partial charge in [0.2, 0.25) is 5.91 Å². The van der Waals surface area contributed by atoms with Gasteiger partial charge in [-0.25, -0.2) is 0 Å². The van der Waals surface area contributed by atoms with Gasteiger partial charge < -0.3 is 14.6 Å². The van der Waals surface area contributed by atoms with Crippen molar-refractivity contribution in [3.8, 4) is 0 Å². The Morgan fingerprint density at radius 1 is 1.19 bits per heavy atom. The summed E-state index contributed by atoms with van der Waals surface area (Å²) < 4.78 is 7.13. The van der Waals surface area contributed by atoms with Crippen molar-refractivity contribution in [2.75, 3.05) is 26.8 Å². The molecule has 2 heterocycles. The second-order valence-corrected chi connectivity index (χ2v) is 7.36. The first kappa shape index (κ1) is 19.5. The molecule has 1 atom stereocenters. The van der Waals surface area contributed by atoms with Crippen molar-refractivity contribution in [2.45, 2.75) is 39.4 Å².